The summed E-state index contributed by atoms with van der Waals surface area (Å²) in [5.41, 5.74) is 3.40. The van der Waals surface area contributed by atoms with Crippen LogP contribution in [0.1, 0.15) is 11.1 Å². The first kappa shape index (κ1) is 10.7. The number of nitrogens with one attached hydrogen (secondary N) is 1. The Balaban J connectivity index is 2.12. The molecule has 0 bridgehead atoms. The van der Waals surface area contributed by atoms with Gasteiger partial charge in [0.25, 0.3) is 0 Å². The summed E-state index contributed by atoms with van der Waals surface area (Å²) < 4.78 is 12.4. The van der Waals surface area contributed by atoms with Crippen LogP contribution in [0.3, 0.4) is 0 Å². The van der Waals surface area contributed by atoms with Crippen LogP contribution in [0, 0.1) is 0 Å². The summed E-state index contributed by atoms with van der Waals surface area (Å²) in [5, 5.41) is 3.12. The molecule has 0 saturated carbocycles. The van der Waals surface area contributed by atoms with Crippen molar-refractivity contribution >= 4 is 16.9 Å². The van der Waals surface area contributed by atoms with E-state index in [1.165, 1.54) is 5.56 Å². The van der Waals surface area contributed by atoms with Gasteiger partial charge >= 0.3 is 0 Å². The first-order valence-corrected chi connectivity index (χ1v) is 6.75. The fourth-order valence-electron chi connectivity index (χ4n) is 2.21. The highest BCUT2D eigenvalue weighted by Crippen LogP contribution is 2.35. The lowest BCUT2D eigenvalue weighted by molar-refractivity contribution is 0.590. The molecule has 0 aliphatic carbocycles. The van der Waals surface area contributed by atoms with E-state index in [9.17, 15) is 4.55 Å². The highest BCUT2D eigenvalue weighted by atomic mass is 32.2. The third-order valence-corrected chi connectivity index (χ3v) is 4.70. The first-order chi connectivity index (χ1) is 8.29. The van der Waals surface area contributed by atoms with Crippen molar-refractivity contribution in [3.8, 4) is 0 Å². The zero-order chi connectivity index (χ0) is 11.8. The Morgan fingerprint density at radius 2 is 1.82 bits per heavy atom. The average molecular weight is 243 g/mol. The lowest BCUT2D eigenvalue weighted by Gasteiger charge is -2.21. The molecule has 0 aromatic heterocycles. The number of rotatable bonds is 1. The topological polar surface area (TPSA) is 35.1 Å². The Bertz CT molecular complexity index is 568. The van der Waals surface area contributed by atoms with Gasteiger partial charge < -0.3 is 9.87 Å². The van der Waals surface area contributed by atoms with E-state index >= 15 is 0 Å². The van der Waals surface area contributed by atoms with E-state index in [-0.39, 0.29) is 0 Å². The second kappa shape index (κ2) is 4.09. The predicted octanol–water partition coefficient (Wildman–Crippen LogP) is 2.80. The molecule has 0 radical (unpaired) electrons. The Morgan fingerprint density at radius 3 is 2.65 bits per heavy atom. The molecule has 3 heteroatoms. The quantitative estimate of drug-likeness (QED) is 0.782. The molecule has 2 aromatic rings. The second-order valence-corrected chi connectivity index (χ2v) is 5.54. The Hall–Kier alpha value is -1.45. The van der Waals surface area contributed by atoms with Gasteiger partial charge in [-0.25, -0.2) is 0 Å². The number of benzene rings is 2. The van der Waals surface area contributed by atoms with Gasteiger partial charge in [0.05, 0.1) is 0 Å². The van der Waals surface area contributed by atoms with Gasteiger partial charge in [-0.15, -0.1) is 0 Å². The minimum Gasteiger partial charge on any atom is -0.606 e. The molecule has 2 nitrogen and oxygen atoms in total. The third kappa shape index (κ3) is 1.72. The van der Waals surface area contributed by atoms with Gasteiger partial charge in [-0.05, 0) is 24.3 Å². The SMILES string of the molecule is CNc1ccc2c(c1)Cc1ccccc1[S+]2[O-]. The van der Waals surface area contributed by atoms with Gasteiger partial charge in [-0.3, -0.25) is 0 Å². The molecule has 3 rings (SSSR count). The third-order valence-electron chi connectivity index (χ3n) is 3.10. The van der Waals surface area contributed by atoms with E-state index in [0.29, 0.717) is 0 Å². The highest BCUT2D eigenvalue weighted by molar-refractivity contribution is 7.91. The van der Waals surface area contributed by atoms with Crippen LogP contribution in [-0.4, -0.2) is 11.6 Å². The first-order valence-electron chi connectivity index (χ1n) is 5.60. The molecule has 0 spiro atoms. The molecule has 1 atom stereocenters. The van der Waals surface area contributed by atoms with Crippen LogP contribution in [0.5, 0.6) is 0 Å². The molecular formula is C14H13NOS. The number of hydrogen-bond acceptors (Lipinski definition) is 2. The maximum atomic E-state index is 12.4. The molecule has 2 aromatic carbocycles. The van der Waals surface area contributed by atoms with E-state index in [1.807, 2.05) is 37.4 Å². The molecule has 17 heavy (non-hydrogen) atoms. The summed E-state index contributed by atoms with van der Waals surface area (Å²) in [6.07, 6.45) is 0.868. The lowest BCUT2D eigenvalue weighted by Crippen LogP contribution is -2.14. The van der Waals surface area contributed by atoms with Crippen molar-refractivity contribution < 1.29 is 4.55 Å². The molecule has 1 unspecified atom stereocenters. The standard InChI is InChI=1S/C14H13NOS/c1-15-12-6-7-14-11(9-12)8-10-4-2-3-5-13(10)17(14)16/h2-7,9,15H,8H2,1H3. The smallest absolute Gasteiger partial charge is 0.162 e. The Kier molecular flexibility index (Phi) is 2.57. The molecule has 1 aliphatic heterocycles. The normalized spacial score (nSPS) is 17.2. The van der Waals surface area contributed by atoms with Crippen LogP contribution < -0.4 is 5.32 Å². The molecular weight excluding hydrogens is 230 g/mol. The van der Waals surface area contributed by atoms with Crippen LogP contribution in [-0.2, 0) is 17.6 Å². The molecule has 1 N–H and O–H groups in total. The van der Waals surface area contributed by atoms with Crippen molar-refractivity contribution in [3.63, 3.8) is 0 Å². The summed E-state index contributed by atoms with van der Waals surface area (Å²) in [4.78, 5) is 1.90. The van der Waals surface area contributed by atoms with Crippen molar-refractivity contribution in [2.24, 2.45) is 0 Å². The van der Waals surface area contributed by atoms with Crippen molar-refractivity contribution in [2.75, 3.05) is 12.4 Å². The van der Waals surface area contributed by atoms with E-state index in [1.54, 1.807) is 0 Å². The molecule has 1 aliphatic rings. The Morgan fingerprint density at radius 1 is 1.06 bits per heavy atom. The number of hydrogen-bond donors (Lipinski definition) is 1. The van der Waals surface area contributed by atoms with Gasteiger partial charge in [-0.1, -0.05) is 18.2 Å². The van der Waals surface area contributed by atoms with Crippen molar-refractivity contribution in [2.45, 2.75) is 16.2 Å². The minimum absolute atomic E-state index is 0.868. The molecule has 0 saturated heterocycles. The summed E-state index contributed by atoms with van der Waals surface area (Å²) in [5.74, 6) is 0. The zero-order valence-corrected chi connectivity index (χ0v) is 10.4. The molecule has 0 amide bonds. The monoisotopic (exact) mass is 243 g/mol. The predicted molar refractivity (Wildman–Crippen MR) is 69.9 cm³/mol. The van der Waals surface area contributed by atoms with Crippen molar-refractivity contribution in [1.29, 1.82) is 0 Å². The van der Waals surface area contributed by atoms with Crippen molar-refractivity contribution in [3.05, 3.63) is 53.6 Å². The minimum atomic E-state index is -1.03. The van der Waals surface area contributed by atoms with E-state index < -0.39 is 11.2 Å². The van der Waals surface area contributed by atoms with Gasteiger partial charge in [0.2, 0.25) is 0 Å². The second-order valence-electron chi connectivity index (χ2n) is 4.13. The summed E-state index contributed by atoms with van der Waals surface area (Å²) >= 11 is -1.03. The zero-order valence-electron chi connectivity index (χ0n) is 9.57. The van der Waals surface area contributed by atoms with Gasteiger partial charge in [0.15, 0.2) is 9.79 Å². The maximum Gasteiger partial charge on any atom is 0.162 e. The largest absolute Gasteiger partial charge is 0.606 e. The van der Waals surface area contributed by atoms with Crippen LogP contribution in [0.2, 0.25) is 0 Å². The van der Waals surface area contributed by atoms with Crippen LogP contribution in [0.15, 0.2) is 52.3 Å². The van der Waals surface area contributed by atoms with Crippen LogP contribution in [0.25, 0.3) is 0 Å². The maximum absolute atomic E-state index is 12.4. The van der Waals surface area contributed by atoms with Gasteiger partial charge in [0.1, 0.15) is 0 Å². The van der Waals surface area contributed by atoms with E-state index in [2.05, 4.69) is 17.4 Å². The molecule has 86 valence electrons. The van der Waals surface area contributed by atoms with Gasteiger partial charge in [-0.2, -0.15) is 0 Å². The highest BCUT2D eigenvalue weighted by Gasteiger charge is 2.27. The fourth-order valence-corrected chi connectivity index (χ4v) is 3.59. The lowest BCUT2D eigenvalue weighted by atomic mass is 10.0. The summed E-state index contributed by atoms with van der Waals surface area (Å²) in [6, 6.07) is 14.0. The van der Waals surface area contributed by atoms with Gasteiger partial charge in [0, 0.05) is 41.5 Å². The number of anilines is 1. The van der Waals surface area contributed by atoms with Crippen LogP contribution >= 0.6 is 0 Å². The van der Waals surface area contributed by atoms with Crippen molar-refractivity contribution in [1.82, 2.24) is 0 Å². The average Bonchev–Trinajstić information content (AvgIpc) is 2.38. The van der Waals surface area contributed by atoms with Crippen LogP contribution in [0.4, 0.5) is 5.69 Å². The molecule has 0 fully saturated rings. The summed E-state index contributed by atoms with van der Waals surface area (Å²) in [7, 11) is 1.90. The Labute approximate surface area is 104 Å². The molecule has 1 heterocycles. The van der Waals surface area contributed by atoms with E-state index in [4.69, 9.17) is 0 Å². The number of fused-ring (bicyclic) bond motifs is 2. The fraction of sp³-hybridized carbons (Fsp3) is 0.143. The van der Waals surface area contributed by atoms with E-state index in [0.717, 1.165) is 27.5 Å². The summed E-state index contributed by atoms with van der Waals surface area (Å²) in [6.45, 7) is 0.